The first-order chi connectivity index (χ1) is 27.0. The molecule has 2 saturated heterocycles. The first-order valence-corrected chi connectivity index (χ1v) is 21.4. The monoisotopic (exact) mass is 826 g/mol. The van der Waals surface area contributed by atoms with Gasteiger partial charge in [0.2, 0.25) is 0 Å². The number of esters is 1. The molecule has 2 heterocycles. The van der Waals surface area contributed by atoms with Crippen LogP contribution in [0.15, 0.2) is 11.6 Å². The Balaban J connectivity index is 1.14. The van der Waals surface area contributed by atoms with Crippen molar-refractivity contribution in [1.82, 2.24) is 0 Å². The fourth-order valence-electron chi connectivity index (χ4n) is 14.1. The van der Waals surface area contributed by atoms with Gasteiger partial charge in [0.05, 0.1) is 44.1 Å². The molecule has 4 saturated carbocycles. The lowest BCUT2D eigenvalue weighted by Gasteiger charge is -2.72. The first kappa shape index (κ1) is 44.7. The standard InChI is InChI=1S/C43H70O15/c1-38(2)15-21-20-9-10-24-40(5)13-12-27(39(3,4)23(40)11-14-41(24,6)42(20,7)17-26(47)43(21,19-45)25(46)16-38)56-37-32(52)33(31(51)34(58-37)35(53)54-8)57-36-30(50)29(49)28(48)22(18-44)55-36/h9,21-34,36-37,44-52H,10-19H2,1-8H3/t21-,22+,23-,24+,25-,26-,27-,28+,29-,30+,31-,32+,33-,34-,36-,37+,40-,41+,42+,43+/m0/s1. The Labute approximate surface area is 341 Å². The molecule has 0 aromatic heterocycles. The third kappa shape index (κ3) is 6.42. The number of allylic oxidation sites excluding steroid dienone is 2. The van der Waals surface area contributed by atoms with Crippen LogP contribution in [0.4, 0.5) is 0 Å². The molecule has 5 aliphatic carbocycles. The molecule has 20 atom stereocenters. The summed E-state index contributed by atoms with van der Waals surface area (Å²) in [5.74, 6) is -0.697. The van der Waals surface area contributed by atoms with E-state index in [9.17, 15) is 50.8 Å². The molecule has 332 valence electrons. The highest BCUT2D eigenvalue weighted by Gasteiger charge is 2.71. The summed E-state index contributed by atoms with van der Waals surface area (Å²) in [5, 5.41) is 98.5. The molecule has 0 unspecified atom stereocenters. The van der Waals surface area contributed by atoms with Gasteiger partial charge in [0, 0.05) is 0 Å². The molecule has 0 aromatic carbocycles. The maximum Gasteiger partial charge on any atom is 0.337 e. The van der Waals surface area contributed by atoms with Crippen molar-refractivity contribution in [3.8, 4) is 0 Å². The molecular weight excluding hydrogens is 756 g/mol. The molecule has 7 aliphatic rings. The van der Waals surface area contributed by atoms with E-state index in [4.69, 9.17) is 23.7 Å². The molecule has 15 heteroatoms. The Hall–Kier alpha value is -1.31. The van der Waals surface area contributed by atoms with Crippen LogP contribution < -0.4 is 0 Å². The minimum absolute atomic E-state index is 0.142. The van der Waals surface area contributed by atoms with Gasteiger partial charge in [-0.1, -0.05) is 60.1 Å². The van der Waals surface area contributed by atoms with E-state index in [2.05, 4.69) is 54.5 Å². The Morgan fingerprint density at radius 3 is 2.05 bits per heavy atom. The largest absolute Gasteiger partial charge is 0.467 e. The van der Waals surface area contributed by atoms with Gasteiger partial charge in [-0.2, -0.15) is 0 Å². The van der Waals surface area contributed by atoms with Crippen LogP contribution in [0.5, 0.6) is 0 Å². The van der Waals surface area contributed by atoms with Gasteiger partial charge in [0.25, 0.3) is 0 Å². The molecular formula is C43H70O15. The predicted octanol–water partition coefficient (Wildman–Crippen LogP) is 0.912. The molecule has 2 aliphatic heterocycles. The van der Waals surface area contributed by atoms with Gasteiger partial charge in [-0.25, -0.2) is 4.79 Å². The molecule has 9 N–H and O–H groups in total. The number of aliphatic hydroxyl groups excluding tert-OH is 9. The molecule has 0 radical (unpaired) electrons. The van der Waals surface area contributed by atoms with Gasteiger partial charge in [0.15, 0.2) is 18.7 Å². The van der Waals surface area contributed by atoms with Crippen LogP contribution in [0.2, 0.25) is 0 Å². The SMILES string of the molecule is COC(=O)[C@H]1O[C@@H](O[C@H]2CC[C@]3(C)[C@H]4CC=C5[C@@H]6CC(C)(C)C[C@H](O)[C@]6(CO)[C@@H](O)C[C@@]5(C)[C@]4(C)CC[C@H]3C2(C)C)[C@H](O)[C@@H](O[C@@H]2O[C@H](CO)[C@@H](O)[C@H](O)[C@H]2O)[C@@H]1O. The normalized spacial score (nSPS) is 53.6. The van der Waals surface area contributed by atoms with Crippen LogP contribution in [0.25, 0.3) is 0 Å². The lowest BCUT2D eigenvalue weighted by Crippen LogP contribution is -2.69. The number of hydrogen-bond acceptors (Lipinski definition) is 15. The van der Waals surface area contributed by atoms with E-state index < -0.39 is 103 Å². The van der Waals surface area contributed by atoms with E-state index in [0.29, 0.717) is 19.3 Å². The Morgan fingerprint density at radius 2 is 1.41 bits per heavy atom. The molecule has 0 bridgehead atoms. The smallest absolute Gasteiger partial charge is 0.337 e. The van der Waals surface area contributed by atoms with Crippen molar-refractivity contribution < 1.29 is 74.4 Å². The van der Waals surface area contributed by atoms with Crippen LogP contribution in [-0.2, 0) is 28.5 Å². The molecule has 6 fully saturated rings. The van der Waals surface area contributed by atoms with E-state index in [1.807, 2.05) is 0 Å². The molecule has 58 heavy (non-hydrogen) atoms. The van der Waals surface area contributed by atoms with Gasteiger partial charge in [0.1, 0.15) is 42.7 Å². The van der Waals surface area contributed by atoms with E-state index in [1.54, 1.807) is 0 Å². The number of fused-ring (bicyclic) bond motifs is 7. The number of aliphatic hydroxyl groups is 9. The maximum absolute atomic E-state index is 12.9. The third-order valence-electron chi connectivity index (χ3n) is 17.5. The lowest BCUT2D eigenvalue weighted by molar-refractivity contribution is -0.365. The summed E-state index contributed by atoms with van der Waals surface area (Å²) in [5.41, 5.74) is -1.06. The third-order valence-corrected chi connectivity index (χ3v) is 17.5. The fourth-order valence-corrected chi connectivity index (χ4v) is 14.1. The Kier molecular flexibility index (Phi) is 11.7. The molecule has 0 amide bonds. The van der Waals surface area contributed by atoms with Crippen LogP contribution in [0.3, 0.4) is 0 Å². The van der Waals surface area contributed by atoms with Gasteiger partial charge in [-0.05, 0) is 96.2 Å². The van der Waals surface area contributed by atoms with Crippen molar-refractivity contribution in [1.29, 1.82) is 0 Å². The van der Waals surface area contributed by atoms with Crippen LogP contribution in [0.1, 0.15) is 99.8 Å². The minimum atomic E-state index is -1.83. The van der Waals surface area contributed by atoms with Crippen molar-refractivity contribution in [2.75, 3.05) is 20.3 Å². The summed E-state index contributed by atoms with van der Waals surface area (Å²) in [7, 11) is 1.12. The fraction of sp³-hybridized carbons (Fsp3) is 0.930. The van der Waals surface area contributed by atoms with Crippen molar-refractivity contribution in [2.45, 2.75) is 180 Å². The van der Waals surface area contributed by atoms with Crippen LogP contribution >= 0.6 is 0 Å². The molecule has 0 aromatic rings. The zero-order chi connectivity index (χ0) is 42.7. The Bertz CT molecular complexity index is 1570. The first-order valence-electron chi connectivity index (χ1n) is 21.4. The van der Waals surface area contributed by atoms with Crippen molar-refractivity contribution in [2.24, 2.45) is 50.2 Å². The number of rotatable bonds is 7. The highest BCUT2D eigenvalue weighted by Crippen LogP contribution is 2.76. The minimum Gasteiger partial charge on any atom is -0.467 e. The molecule has 0 spiro atoms. The lowest BCUT2D eigenvalue weighted by atomic mass is 9.33. The predicted molar refractivity (Wildman–Crippen MR) is 205 cm³/mol. The second kappa shape index (κ2) is 15.2. The van der Waals surface area contributed by atoms with E-state index in [1.165, 1.54) is 5.57 Å². The van der Waals surface area contributed by atoms with Gasteiger partial charge < -0.3 is 69.6 Å². The molecule has 15 nitrogen and oxygen atoms in total. The summed E-state index contributed by atoms with van der Waals surface area (Å²) in [6, 6.07) is 0. The van der Waals surface area contributed by atoms with Crippen molar-refractivity contribution in [3.05, 3.63) is 11.6 Å². The summed E-state index contributed by atoms with van der Waals surface area (Å²) < 4.78 is 28.8. The summed E-state index contributed by atoms with van der Waals surface area (Å²) in [4.78, 5) is 12.9. The zero-order valence-corrected chi connectivity index (χ0v) is 35.4. The number of ether oxygens (including phenoxy) is 5. The quantitative estimate of drug-likeness (QED) is 0.0985. The van der Waals surface area contributed by atoms with E-state index in [-0.39, 0.29) is 46.0 Å². The van der Waals surface area contributed by atoms with Crippen LogP contribution in [0, 0.1) is 50.2 Å². The molecule has 7 rings (SSSR count). The maximum atomic E-state index is 12.9. The van der Waals surface area contributed by atoms with Gasteiger partial charge >= 0.3 is 5.97 Å². The highest BCUT2D eigenvalue weighted by atomic mass is 16.7. The van der Waals surface area contributed by atoms with Crippen molar-refractivity contribution in [3.63, 3.8) is 0 Å². The number of carbonyl (C=O) groups excluding carboxylic acids is 1. The second-order valence-corrected chi connectivity index (χ2v) is 21.1. The second-order valence-electron chi connectivity index (χ2n) is 21.1. The van der Waals surface area contributed by atoms with Crippen molar-refractivity contribution >= 4 is 5.97 Å². The summed E-state index contributed by atoms with van der Waals surface area (Å²) in [6.07, 6.45) is -10.7. The van der Waals surface area contributed by atoms with E-state index >= 15 is 0 Å². The zero-order valence-electron chi connectivity index (χ0n) is 35.4. The average molecular weight is 827 g/mol. The Morgan fingerprint density at radius 1 is 0.759 bits per heavy atom. The number of methoxy groups -OCH3 is 1. The topological polar surface area (TPSA) is 245 Å². The number of hydrogen-bond donors (Lipinski definition) is 9. The average Bonchev–Trinajstić information content (AvgIpc) is 3.14. The summed E-state index contributed by atoms with van der Waals surface area (Å²) in [6.45, 7) is 14.7. The highest BCUT2D eigenvalue weighted by molar-refractivity contribution is 5.75. The van der Waals surface area contributed by atoms with Gasteiger partial charge in [-0.15, -0.1) is 0 Å². The summed E-state index contributed by atoms with van der Waals surface area (Å²) >= 11 is 0. The van der Waals surface area contributed by atoms with Crippen LogP contribution in [-0.4, -0.2) is 152 Å². The van der Waals surface area contributed by atoms with E-state index in [0.717, 1.165) is 39.2 Å². The van der Waals surface area contributed by atoms with Gasteiger partial charge in [-0.3, -0.25) is 0 Å². The number of carbonyl (C=O) groups is 1.